The average molecular weight is 412 g/mol. The van der Waals surface area contributed by atoms with Gasteiger partial charge in [-0.3, -0.25) is 14.3 Å². The summed E-state index contributed by atoms with van der Waals surface area (Å²) in [5, 5.41) is 9.82. The lowest BCUT2D eigenvalue weighted by Gasteiger charge is -2.11. The Morgan fingerprint density at radius 2 is 1.84 bits per heavy atom. The fourth-order valence-electron chi connectivity index (χ4n) is 2.95. The summed E-state index contributed by atoms with van der Waals surface area (Å²) in [5.41, 5.74) is 4.24. The lowest BCUT2D eigenvalue weighted by molar-refractivity contribution is -0.109. The van der Waals surface area contributed by atoms with Crippen molar-refractivity contribution in [2.24, 2.45) is 7.05 Å². The van der Waals surface area contributed by atoms with E-state index in [-0.39, 0.29) is 11.9 Å². The van der Waals surface area contributed by atoms with Gasteiger partial charge in [0, 0.05) is 24.3 Å². The van der Waals surface area contributed by atoms with Gasteiger partial charge in [0.15, 0.2) is 0 Å². The van der Waals surface area contributed by atoms with Gasteiger partial charge in [0.25, 0.3) is 5.91 Å². The average Bonchev–Trinajstić information content (AvgIpc) is 3.09. The van der Waals surface area contributed by atoms with Crippen LogP contribution in [0.3, 0.4) is 0 Å². The van der Waals surface area contributed by atoms with Crippen LogP contribution in [0, 0.1) is 18.8 Å². The van der Waals surface area contributed by atoms with Crippen molar-refractivity contribution in [3.05, 3.63) is 88.8 Å². The molecule has 0 aliphatic heterocycles. The monoisotopic (exact) mass is 412 g/mol. The Labute approximate surface area is 182 Å². The summed E-state index contributed by atoms with van der Waals surface area (Å²) >= 11 is 0. The molecular weight excluding hydrogens is 388 g/mol. The van der Waals surface area contributed by atoms with E-state index < -0.39 is 0 Å². The number of carbonyl (C=O) groups is 2. The highest BCUT2D eigenvalue weighted by atomic mass is 16.1. The minimum atomic E-state index is -0.255. The van der Waals surface area contributed by atoms with Crippen molar-refractivity contribution in [3.63, 3.8) is 0 Å². The SMILES string of the molecule is Cc1c(C#Cc2cccc(/C=C/[C@H](C)NC=O)c2C(=O)Nc2ccccc2)cnn1C. The minimum Gasteiger partial charge on any atom is -0.353 e. The van der Waals surface area contributed by atoms with Crippen molar-refractivity contribution in [1.82, 2.24) is 15.1 Å². The van der Waals surface area contributed by atoms with E-state index >= 15 is 0 Å². The first-order valence-electron chi connectivity index (χ1n) is 9.87. The van der Waals surface area contributed by atoms with Crippen LogP contribution >= 0.6 is 0 Å². The van der Waals surface area contributed by atoms with Crippen LogP contribution in [-0.2, 0) is 11.8 Å². The van der Waals surface area contributed by atoms with E-state index in [0.29, 0.717) is 28.8 Å². The largest absolute Gasteiger partial charge is 0.353 e. The number of aromatic nitrogens is 2. The van der Waals surface area contributed by atoms with Gasteiger partial charge in [-0.05, 0) is 37.6 Å². The summed E-state index contributed by atoms with van der Waals surface area (Å²) in [5.74, 6) is 6.00. The Bertz CT molecular complexity index is 1170. The zero-order valence-corrected chi connectivity index (χ0v) is 17.7. The fraction of sp³-hybridized carbons (Fsp3) is 0.160. The van der Waals surface area contributed by atoms with Gasteiger partial charge in [-0.2, -0.15) is 5.10 Å². The molecule has 0 radical (unpaired) electrons. The molecule has 6 nitrogen and oxygen atoms in total. The third-order valence-electron chi connectivity index (χ3n) is 4.82. The molecule has 2 amide bonds. The van der Waals surface area contributed by atoms with Crippen LogP contribution in [0.4, 0.5) is 5.69 Å². The Morgan fingerprint density at radius 3 is 2.52 bits per heavy atom. The number of aryl methyl sites for hydroxylation is 1. The van der Waals surface area contributed by atoms with Gasteiger partial charge in [0.2, 0.25) is 6.41 Å². The van der Waals surface area contributed by atoms with E-state index in [4.69, 9.17) is 0 Å². The van der Waals surface area contributed by atoms with Crippen molar-refractivity contribution < 1.29 is 9.59 Å². The van der Waals surface area contributed by atoms with Crippen LogP contribution in [0.25, 0.3) is 6.08 Å². The highest BCUT2D eigenvalue weighted by Gasteiger charge is 2.15. The highest BCUT2D eigenvalue weighted by molar-refractivity contribution is 6.08. The van der Waals surface area contributed by atoms with Gasteiger partial charge in [-0.1, -0.05) is 54.3 Å². The van der Waals surface area contributed by atoms with Crippen LogP contribution in [0.2, 0.25) is 0 Å². The molecule has 2 aromatic carbocycles. The van der Waals surface area contributed by atoms with E-state index in [1.54, 1.807) is 10.9 Å². The number of benzene rings is 2. The van der Waals surface area contributed by atoms with E-state index in [1.807, 2.05) is 81.6 Å². The molecule has 0 spiro atoms. The number of nitrogens with zero attached hydrogens (tertiary/aromatic N) is 2. The normalized spacial score (nSPS) is 11.5. The molecule has 1 atom stereocenters. The second-order valence-electron chi connectivity index (χ2n) is 7.04. The summed E-state index contributed by atoms with van der Waals surface area (Å²) in [6.45, 7) is 3.80. The number of hydrogen-bond donors (Lipinski definition) is 2. The molecule has 3 rings (SSSR count). The molecular formula is C25H24N4O2. The van der Waals surface area contributed by atoms with Crippen LogP contribution < -0.4 is 10.6 Å². The number of anilines is 1. The molecule has 0 aliphatic carbocycles. The first-order chi connectivity index (χ1) is 15.0. The van der Waals surface area contributed by atoms with Gasteiger partial charge in [-0.15, -0.1) is 0 Å². The molecule has 0 saturated carbocycles. The highest BCUT2D eigenvalue weighted by Crippen LogP contribution is 2.19. The summed E-state index contributed by atoms with van der Waals surface area (Å²) in [7, 11) is 1.86. The molecule has 1 heterocycles. The third-order valence-corrected chi connectivity index (χ3v) is 4.82. The number of rotatable bonds is 6. The minimum absolute atomic E-state index is 0.171. The van der Waals surface area contributed by atoms with Crippen molar-refractivity contribution in [2.45, 2.75) is 19.9 Å². The number of carbonyl (C=O) groups excluding carboxylic acids is 2. The Balaban J connectivity index is 2.03. The van der Waals surface area contributed by atoms with E-state index in [1.165, 1.54) is 0 Å². The quantitative estimate of drug-likeness (QED) is 0.480. The number of para-hydroxylation sites is 1. The van der Waals surface area contributed by atoms with E-state index in [0.717, 1.165) is 11.3 Å². The molecule has 6 heteroatoms. The zero-order chi connectivity index (χ0) is 22.2. The van der Waals surface area contributed by atoms with Gasteiger partial charge < -0.3 is 10.6 Å². The Hall–Kier alpha value is -4.11. The van der Waals surface area contributed by atoms with Crippen LogP contribution in [0.5, 0.6) is 0 Å². The molecule has 0 fully saturated rings. The molecule has 31 heavy (non-hydrogen) atoms. The molecule has 0 aliphatic rings. The lowest BCUT2D eigenvalue weighted by atomic mass is 9.99. The maximum Gasteiger partial charge on any atom is 0.257 e. The van der Waals surface area contributed by atoms with Crippen molar-refractivity contribution in [1.29, 1.82) is 0 Å². The zero-order valence-electron chi connectivity index (χ0n) is 17.7. The number of amides is 2. The standard InChI is InChI=1S/C25H24N4O2/c1-18(26-17-30)12-13-20-8-7-9-21(14-15-22-16-27-29(3)19(22)2)24(20)25(31)28-23-10-5-4-6-11-23/h4-13,16-18H,1-3H3,(H,26,30)(H,28,31)/b13-12+/t18-/m0/s1. The Morgan fingerprint density at radius 1 is 1.10 bits per heavy atom. The molecule has 156 valence electrons. The van der Waals surface area contributed by atoms with Crippen molar-refractivity contribution in [3.8, 4) is 11.8 Å². The predicted molar refractivity (Wildman–Crippen MR) is 122 cm³/mol. The molecule has 3 aromatic rings. The molecule has 0 saturated heterocycles. The molecule has 0 unspecified atom stereocenters. The molecule has 1 aromatic heterocycles. The van der Waals surface area contributed by atoms with Gasteiger partial charge in [0.1, 0.15) is 0 Å². The lowest BCUT2D eigenvalue weighted by Crippen LogP contribution is -2.21. The second-order valence-corrected chi connectivity index (χ2v) is 7.04. The smallest absolute Gasteiger partial charge is 0.257 e. The maximum atomic E-state index is 13.2. The van der Waals surface area contributed by atoms with Crippen LogP contribution in [0.1, 0.15) is 39.7 Å². The van der Waals surface area contributed by atoms with Gasteiger partial charge in [0.05, 0.1) is 23.0 Å². The summed E-state index contributed by atoms with van der Waals surface area (Å²) in [4.78, 5) is 23.9. The van der Waals surface area contributed by atoms with Crippen LogP contribution in [0.15, 0.2) is 60.8 Å². The number of hydrogen-bond acceptors (Lipinski definition) is 3. The summed E-state index contributed by atoms with van der Waals surface area (Å²) in [6.07, 6.45) is 6.01. The molecule has 0 bridgehead atoms. The predicted octanol–water partition coefficient (Wildman–Crippen LogP) is 3.53. The van der Waals surface area contributed by atoms with Gasteiger partial charge in [-0.25, -0.2) is 0 Å². The first kappa shape index (κ1) is 21.6. The van der Waals surface area contributed by atoms with Crippen molar-refractivity contribution in [2.75, 3.05) is 5.32 Å². The molecule has 2 N–H and O–H groups in total. The third kappa shape index (κ3) is 5.49. The van der Waals surface area contributed by atoms with Crippen molar-refractivity contribution >= 4 is 24.1 Å². The summed E-state index contributed by atoms with van der Waals surface area (Å²) < 4.78 is 1.76. The van der Waals surface area contributed by atoms with E-state index in [2.05, 4.69) is 27.6 Å². The van der Waals surface area contributed by atoms with Crippen LogP contribution in [-0.4, -0.2) is 28.1 Å². The van der Waals surface area contributed by atoms with Gasteiger partial charge >= 0.3 is 0 Å². The first-order valence-corrected chi connectivity index (χ1v) is 9.87. The van der Waals surface area contributed by atoms with E-state index in [9.17, 15) is 9.59 Å². The second kappa shape index (κ2) is 10.1. The fourth-order valence-corrected chi connectivity index (χ4v) is 2.95. The number of nitrogens with one attached hydrogen (secondary N) is 2. The maximum absolute atomic E-state index is 13.2. The Kier molecular flexibility index (Phi) is 7.02. The topological polar surface area (TPSA) is 76.0 Å². The summed E-state index contributed by atoms with van der Waals surface area (Å²) in [6, 6.07) is 14.6.